The second kappa shape index (κ2) is 13.6. The summed E-state index contributed by atoms with van der Waals surface area (Å²) >= 11 is 0. The van der Waals surface area contributed by atoms with E-state index in [0.717, 1.165) is 11.4 Å². The van der Waals surface area contributed by atoms with Crippen molar-refractivity contribution in [1.29, 1.82) is 0 Å². The van der Waals surface area contributed by atoms with E-state index in [0.29, 0.717) is 18.5 Å². The van der Waals surface area contributed by atoms with Gasteiger partial charge in [0.1, 0.15) is 5.82 Å². The van der Waals surface area contributed by atoms with Crippen LogP contribution in [-0.2, 0) is 19.1 Å². The molecular formula is C24H31N5O6. The molecule has 0 aliphatic carbocycles. The second-order valence-electron chi connectivity index (χ2n) is 8.24. The van der Waals surface area contributed by atoms with Gasteiger partial charge in [0.05, 0.1) is 30.0 Å². The SMILES string of the molecule is Cc1ccnc(NCCCC(=O)NCC(=O)NC(CC(=O)OC(C)C)c2cccc([N+](=O)[O-])c2)c1. The molecule has 1 atom stereocenters. The van der Waals surface area contributed by atoms with Crippen LogP contribution in [0.25, 0.3) is 0 Å². The second-order valence-corrected chi connectivity index (χ2v) is 8.24. The number of amides is 2. The number of carbonyl (C=O) groups is 3. The number of rotatable bonds is 13. The molecule has 35 heavy (non-hydrogen) atoms. The molecule has 2 rings (SSSR count). The van der Waals surface area contributed by atoms with Gasteiger partial charge in [0.25, 0.3) is 5.69 Å². The fourth-order valence-corrected chi connectivity index (χ4v) is 3.20. The lowest BCUT2D eigenvalue weighted by atomic mass is 10.0. The molecule has 0 radical (unpaired) electrons. The Morgan fingerprint density at radius 2 is 1.91 bits per heavy atom. The van der Waals surface area contributed by atoms with E-state index >= 15 is 0 Å². The van der Waals surface area contributed by atoms with E-state index in [2.05, 4.69) is 20.9 Å². The number of hydrogen-bond acceptors (Lipinski definition) is 8. The smallest absolute Gasteiger partial charge is 0.308 e. The minimum Gasteiger partial charge on any atom is -0.463 e. The lowest BCUT2D eigenvalue weighted by Crippen LogP contribution is -2.39. The molecule has 1 aromatic carbocycles. The summed E-state index contributed by atoms with van der Waals surface area (Å²) in [5.41, 5.74) is 1.30. The van der Waals surface area contributed by atoms with E-state index in [1.54, 1.807) is 26.1 Å². The Kier molecular flexibility index (Phi) is 10.6. The third-order valence-electron chi connectivity index (χ3n) is 4.80. The summed E-state index contributed by atoms with van der Waals surface area (Å²) in [4.78, 5) is 51.5. The summed E-state index contributed by atoms with van der Waals surface area (Å²) in [6, 6.07) is 8.61. The number of nitrogens with zero attached hydrogens (tertiary/aromatic N) is 2. The molecule has 2 aromatic rings. The molecule has 0 bridgehead atoms. The van der Waals surface area contributed by atoms with Crippen molar-refractivity contribution >= 4 is 29.3 Å². The van der Waals surface area contributed by atoms with Gasteiger partial charge in [-0.15, -0.1) is 0 Å². The molecular weight excluding hydrogens is 454 g/mol. The van der Waals surface area contributed by atoms with E-state index in [4.69, 9.17) is 4.74 Å². The molecule has 11 heteroatoms. The Labute approximate surface area is 203 Å². The molecule has 0 spiro atoms. The van der Waals surface area contributed by atoms with Gasteiger partial charge in [-0.1, -0.05) is 12.1 Å². The number of pyridine rings is 1. The van der Waals surface area contributed by atoms with Crippen LogP contribution in [0.3, 0.4) is 0 Å². The van der Waals surface area contributed by atoms with Crippen molar-refractivity contribution in [3.05, 3.63) is 63.8 Å². The van der Waals surface area contributed by atoms with Gasteiger partial charge in [-0.05, 0) is 50.5 Å². The highest BCUT2D eigenvalue weighted by atomic mass is 16.6. The molecule has 0 aliphatic rings. The largest absolute Gasteiger partial charge is 0.463 e. The first kappa shape index (κ1) is 27.2. The molecule has 11 nitrogen and oxygen atoms in total. The third kappa shape index (κ3) is 10.2. The Balaban J connectivity index is 1.86. The van der Waals surface area contributed by atoms with Crippen LogP contribution < -0.4 is 16.0 Å². The molecule has 1 heterocycles. The quantitative estimate of drug-likeness (QED) is 0.169. The minimum absolute atomic E-state index is 0.165. The maximum Gasteiger partial charge on any atom is 0.308 e. The zero-order valence-electron chi connectivity index (χ0n) is 20.1. The molecule has 0 aliphatic heterocycles. The van der Waals surface area contributed by atoms with E-state index in [-0.39, 0.29) is 37.1 Å². The maximum atomic E-state index is 12.5. The van der Waals surface area contributed by atoms with Gasteiger partial charge in [0.15, 0.2) is 0 Å². The van der Waals surface area contributed by atoms with Gasteiger partial charge in [-0.25, -0.2) is 4.98 Å². The van der Waals surface area contributed by atoms with Gasteiger partial charge in [-0.3, -0.25) is 24.5 Å². The summed E-state index contributed by atoms with van der Waals surface area (Å²) in [6.45, 7) is 5.60. The third-order valence-corrected chi connectivity index (χ3v) is 4.80. The number of aryl methyl sites for hydroxylation is 1. The number of aromatic nitrogens is 1. The summed E-state index contributed by atoms with van der Waals surface area (Å²) in [7, 11) is 0. The number of anilines is 1. The van der Waals surface area contributed by atoms with Crippen molar-refractivity contribution in [3.8, 4) is 0 Å². The first-order chi connectivity index (χ1) is 16.6. The number of nitro benzene ring substituents is 1. The van der Waals surface area contributed by atoms with Crippen molar-refractivity contribution in [2.24, 2.45) is 0 Å². The number of non-ortho nitro benzene ring substituents is 1. The maximum absolute atomic E-state index is 12.5. The van der Waals surface area contributed by atoms with Crippen LogP contribution in [0.2, 0.25) is 0 Å². The van der Waals surface area contributed by atoms with Crippen molar-refractivity contribution in [2.45, 2.75) is 52.2 Å². The topological polar surface area (TPSA) is 153 Å². The highest BCUT2D eigenvalue weighted by Gasteiger charge is 2.22. The average Bonchev–Trinajstić information content (AvgIpc) is 2.79. The van der Waals surface area contributed by atoms with Crippen molar-refractivity contribution in [3.63, 3.8) is 0 Å². The Morgan fingerprint density at radius 3 is 2.60 bits per heavy atom. The van der Waals surface area contributed by atoms with Crippen LogP contribution in [0.4, 0.5) is 11.5 Å². The van der Waals surface area contributed by atoms with Crippen LogP contribution in [0, 0.1) is 17.0 Å². The zero-order valence-corrected chi connectivity index (χ0v) is 20.1. The normalized spacial score (nSPS) is 11.4. The summed E-state index contributed by atoms with van der Waals surface area (Å²) in [6.07, 6.45) is 1.89. The summed E-state index contributed by atoms with van der Waals surface area (Å²) in [5.74, 6) is -0.663. The number of hydrogen-bond donors (Lipinski definition) is 3. The van der Waals surface area contributed by atoms with Gasteiger partial charge in [0.2, 0.25) is 11.8 Å². The molecule has 1 aromatic heterocycles. The standard InChI is InChI=1S/C24H31N5O6/c1-16(2)35-24(32)14-20(18-6-4-7-19(13-18)29(33)34)28-23(31)15-27-22(30)8-5-10-25-21-12-17(3)9-11-26-21/h4,6-7,9,11-13,16,20H,5,8,10,14-15H2,1-3H3,(H,25,26)(H,27,30)(H,28,31). The Bertz CT molecular complexity index is 1040. The highest BCUT2D eigenvalue weighted by molar-refractivity contribution is 5.85. The molecule has 0 saturated heterocycles. The first-order valence-electron chi connectivity index (χ1n) is 11.3. The van der Waals surface area contributed by atoms with Gasteiger partial charge >= 0.3 is 5.97 Å². The zero-order chi connectivity index (χ0) is 25.8. The number of nitro groups is 1. The minimum atomic E-state index is -0.850. The lowest BCUT2D eigenvalue weighted by Gasteiger charge is -2.19. The van der Waals surface area contributed by atoms with Gasteiger partial charge in [0, 0.05) is 31.3 Å². The number of benzene rings is 1. The number of esters is 1. The summed E-state index contributed by atoms with van der Waals surface area (Å²) in [5, 5.41) is 19.4. The fourth-order valence-electron chi connectivity index (χ4n) is 3.20. The first-order valence-corrected chi connectivity index (χ1v) is 11.3. The number of carbonyl (C=O) groups excluding carboxylic acids is 3. The number of ether oxygens (including phenoxy) is 1. The van der Waals surface area contributed by atoms with Crippen LogP contribution in [0.15, 0.2) is 42.6 Å². The van der Waals surface area contributed by atoms with Crippen LogP contribution in [0.5, 0.6) is 0 Å². The molecule has 2 amide bonds. The van der Waals surface area contributed by atoms with Gasteiger partial charge < -0.3 is 20.7 Å². The monoisotopic (exact) mass is 485 g/mol. The van der Waals surface area contributed by atoms with E-state index in [1.807, 2.05) is 19.1 Å². The summed E-state index contributed by atoms with van der Waals surface area (Å²) < 4.78 is 5.15. The Morgan fingerprint density at radius 1 is 1.14 bits per heavy atom. The predicted molar refractivity (Wildman–Crippen MR) is 130 cm³/mol. The molecule has 1 unspecified atom stereocenters. The fraction of sp³-hybridized carbons (Fsp3) is 0.417. The van der Waals surface area contributed by atoms with E-state index in [9.17, 15) is 24.5 Å². The van der Waals surface area contributed by atoms with Crippen LogP contribution >= 0.6 is 0 Å². The molecule has 0 saturated carbocycles. The van der Waals surface area contributed by atoms with Crippen LogP contribution in [0.1, 0.15) is 50.3 Å². The van der Waals surface area contributed by atoms with Crippen LogP contribution in [-0.4, -0.2) is 46.9 Å². The van der Waals surface area contributed by atoms with Gasteiger partial charge in [-0.2, -0.15) is 0 Å². The van der Waals surface area contributed by atoms with E-state index < -0.39 is 22.8 Å². The van der Waals surface area contributed by atoms with Crippen molar-refractivity contribution in [1.82, 2.24) is 15.6 Å². The average molecular weight is 486 g/mol. The molecule has 188 valence electrons. The van der Waals surface area contributed by atoms with Crippen molar-refractivity contribution < 1.29 is 24.0 Å². The molecule has 0 fully saturated rings. The predicted octanol–water partition coefficient (Wildman–Crippen LogP) is 2.81. The van der Waals surface area contributed by atoms with E-state index in [1.165, 1.54) is 18.2 Å². The Hall–Kier alpha value is -4.02. The van der Waals surface area contributed by atoms with Crippen molar-refractivity contribution in [2.75, 3.05) is 18.4 Å². The lowest BCUT2D eigenvalue weighted by molar-refractivity contribution is -0.384. The molecule has 3 N–H and O–H groups in total. The number of nitrogens with one attached hydrogen (secondary N) is 3. The highest BCUT2D eigenvalue weighted by Crippen LogP contribution is 2.22.